The van der Waals surface area contributed by atoms with Crippen molar-refractivity contribution >= 4 is 47.3 Å². The number of nitrogens with one attached hydrogen (secondary N) is 1. The van der Waals surface area contributed by atoms with Crippen molar-refractivity contribution in [2.45, 2.75) is 13.3 Å². The quantitative estimate of drug-likeness (QED) is 0.647. The average molecular weight is 446 g/mol. The smallest absolute Gasteiger partial charge is 0.445 e. The number of amides is 4. The monoisotopic (exact) mass is 445 g/mol. The van der Waals surface area contributed by atoms with E-state index < -0.39 is 11.9 Å². The summed E-state index contributed by atoms with van der Waals surface area (Å²) < 4.78 is 11.9. The van der Waals surface area contributed by atoms with Crippen LogP contribution in [0.15, 0.2) is 33.7 Å². The second-order valence-electron chi connectivity index (χ2n) is 6.93. The van der Waals surface area contributed by atoms with Crippen LogP contribution in [0.1, 0.15) is 13.3 Å². The Morgan fingerprint density at radius 1 is 1.29 bits per heavy atom. The molecule has 1 unspecified atom stereocenters. The number of urea groups is 1. The van der Waals surface area contributed by atoms with Crippen LogP contribution in [0.25, 0.3) is 0 Å². The number of nitrogens with zero attached hydrogens (tertiary/aromatic N) is 3. The Morgan fingerprint density at radius 3 is 2.68 bits per heavy atom. The molecule has 1 aromatic rings. The normalized spacial score (nSPS) is 18.4. The van der Waals surface area contributed by atoms with E-state index in [1.807, 2.05) is 6.92 Å². The van der Waals surface area contributed by atoms with Gasteiger partial charge in [-0.25, -0.2) is 4.79 Å². The van der Waals surface area contributed by atoms with E-state index in [-0.39, 0.29) is 17.6 Å². The molecule has 1 aromatic carbocycles. The van der Waals surface area contributed by atoms with Gasteiger partial charge in [-0.3, -0.25) is 9.59 Å². The minimum atomic E-state index is -0.697. The SMILES string of the molecule is CCC1=C(SCC(=O)Nc2cc(OC)ccc2OC)C2C(=O)N(C)C(=O)[N+](C)=C2N=C1. The number of carbonyl (C=O) groups is 3. The number of benzene rings is 1. The van der Waals surface area contributed by atoms with Gasteiger partial charge in [0.2, 0.25) is 5.91 Å². The maximum absolute atomic E-state index is 12.9. The highest BCUT2D eigenvalue weighted by Crippen LogP contribution is 2.36. The maximum Gasteiger partial charge on any atom is 0.445 e. The summed E-state index contributed by atoms with van der Waals surface area (Å²) in [7, 11) is 6.10. The lowest BCUT2D eigenvalue weighted by atomic mass is 9.97. The van der Waals surface area contributed by atoms with Crippen LogP contribution < -0.4 is 14.8 Å². The molecule has 164 valence electrons. The van der Waals surface area contributed by atoms with Gasteiger partial charge in [0.25, 0.3) is 5.84 Å². The lowest BCUT2D eigenvalue weighted by Crippen LogP contribution is -2.52. The van der Waals surface area contributed by atoms with Crippen LogP contribution in [-0.2, 0) is 9.59 Å². The van der Waals surface area contributed by atoms with Crippen LogP contribution in [-0.4, -0.2) is 73.4 Å². The number of hydrogen-bond acceptors (Lipinski definition) is 7. The first-order valence-electron chi connectivity index (χ1n) is 9.66. The van der Waals surface area contributed by atoms with Crippen molar-refractivity contribution in [3.05, 3.63) is 28.7 Å². The van der Waals surface area contributed by atoms with Crippen LogP contribution in [0.2, 0.25) is 0 Å². The third-order valence-corrected chi connectivity index (χ3v) is 6.32. The maximum atomic E-state index is 12.9. The molecule has 4 amide bonds. The van der Waals surface area contributed by atoms with Crippen LogP contribution in [0, 0.1) is 5.92 Å². The molecule has 2 aliphatic heterocycles. The number of aliphatic imine (C=N–C) groups is 1. The van der Waals surface area contributed by atoms with E-state index in [2.05, 4.69) is 10.3 Å². The Hall–Kier alpha value is -3.14. The molecule has 3 rings (SSSR count). The number of allylic oxidation sites excluding steroid dienone is 1. The predicted octanol–water partition coefficient (Wildman–Crippen LogP) is 2.37. The highest BCUT2D eigenvalue weighted by atomic mass is 32.2. The van der Waals surface area contributed by atoms with E-state index in [0.29, 0.717) is 29.4 Å². The number of imide groups is 1. The number of methoxy groups -OCH3 is 2. The summed E-state index contributed by atoms with van der Waals surface area (Å²) in [4.78, 5) is 44.0. The number of amidine groups is 1. The van der Waals surface area contributed by atoms with Gasteiger partial charge in [0, 0.05) is 11.0 Å². The molecular formula is C21H25N4O5S+. The third kappa shape index (κ3) is 4.34. The van der Waals surface area contributed by atoms with Gasteiger partial charge in [-0.15, -0.1) is 16.8 Å². The van der Waals surface area contributed by atoms with Gasteiger partial charge in [-0.05, 0) is 24.1 Å². The molecule has 0 bridgehead atoms. The van der Waals surface area contributed by atoms with E-state index in [4.69, 9.17) is 9.47 Å². The van der Waals surface area contributed by atoms with E-state index in [1.165, 1.54) is 30.5 Å². The number of fused-ring (bicyclic) bond motifs is 1. The molecule has 0 saturated carbocycles. The van der Waals surface area contributed by atoms with E-state index in [1.54, 1.807) is 38.6 Å². The second-order valence-corrected chi connectivity index (χ2v) is 7.95. The Balaban J connectivity index is 1.82. The highest BCUT2D eigenvalue weighted by Gasteiger charge is 2.48. The number of rotatable bonds is 7. The molecular weight excluding hydrogens is 420 g/mol. The van der Waals surface area contributed by atoms with Crippen LogP contribution in [0.3, 0.4) is 0 Å². The Bertz CT molecular complexity index is 1030. The van der Waals surface area contributed by atoms with Crippen molar-refractivity contribution in [2.75, 3.05) is 39.4 Å². The summed E-state index contributed by atoms with van der Waals surface area (Å²) in [6.07, 6.45) is 2.31. The molecule has 31 heavy (non-hydrogen) atoms. The number of carbonyl (C=O) groups excluding carboxylic acids is 3. The third-order valence-electron chi connectivity index (χ3n) is 5.10. The first-order valence-corrected chi connectivity index (χ1v) is 10.6. The predicted molar refractivity (Wildman–Crippen MR) is 119 cm³/mol. The summed E-state index contributed by atoms with van der Waals surface area (Å²) in [6.45, 7) is 1.96. The molecule has 2 aliphatic rings. The molecule has 1 atom stereocenters. The summed E-state index contributed by atoms with van der Waals surface area (Å²) >= 11 is 1.27. The van der Waals surface area contributed by atoms with Crippen molar-refractivity contribution in [1.29, 1.82) is 0 Å². The first-order chi connectivity index (χ1) is 14.8. The summed E-state index contributed by atoms with van der Waals surface area (Å²) in [6, 6.07) is 4.70. The zero-order valence-corrected chi connectivity index (χ0v) is 18.9. The lowest BCUT2D eigenvalue weighted by molar-refractivity contribution is -0.407. The Morgan fingerprint density at radius 2 is 2.03 bits per heavy atom. The van der Waals surface area contributed by atoms with Crippen molar-refractivity contribution in [3.63, 3.8) is 0 Å². The van der Waals surface area contributed by atoms with Crippen molar-refractivity contribution in [3.8, 4) is 11.5 Å². The first kappa shape index (κ1) is 22.5. The van der Waals surface area contributed by atoms with Gasteiger partial charge < -0.3 is 14.8 Å². The van der Waals surface area contributed by atoms with Crippen molar-refractivity contribution in [2.24, 2.45) is 10.9 Å². The summed E-state index contributed by atoms with van der Waals surface area (Å²) in [5.74, 6) is 0.247. The number of ether oxygens (including phenoxy) is 2. The van der Waals surface area contributed by atoms with Gasteiger partial charge in [0.1, 0.15) is 17.7 Å². The van der Waals surface area contributed by atoms with Gasteiger partial charge in [0.15, 0.2) is 5.92 Å². The fraction of sp³-hybridized carbons (Fsp3) is 0.381. The number of anilines is 1. The van der Waals surface area contributed by atoms with Crippen LogP contribution in [0.4, 0.5) is 10.5 Å². The molecule has 0 saturated heterocycles. The molecule has 10 heteroatoms. The standard InChI is InChI=1S/C21H24N4O5S/c1-6-12-10-22-19-17(20(27)25(3)21(28)24(19)2)18(12)31-11-16(26)23-14-9-13(29-4)7-8-15(14)30-5/h7-10,17H,6,11H2,1-5H3/p+1. The number of dihydropyridines is 1. The molecule has 0 spiro atoms. The molecule has 0 fully saturated rings. The molecule has 0 aliphatic carbocycles. The molecule has 0 aromatic heterocycles. The van der Waals surface area contributed by atoms with Crippen molar-refractivity contribution in [1.82, 2.24) is 4.90 Å². The van der Waals surface area contributed by atoms with Crippen LogP contribution in [0.5, 0.6) is 11.5 Å². The van der Waals surface area contributed by atoms with Gasteiger partial charge >= 0.3 is 11.9 Å². The largest absolute Gasteiger partial charge is 0.497 e. The second kappa shape index (κ2) is 9.34. The van der Waals surface area contributed by atoms with Gasteiger partial charge in [0.05, 0.1) is 39.8 Å². The average Bonchev–Trinajstić information content (AvgIpc) is 2.79. The van der Waals surface area contributed by atoms with Gasteiger partial charge in [-0.2, -0.15) is 9.48 Å². The molecule has 9 nitrogen and oxygen atoms in total. The molecule has 1 N–H and O–H groups in total. The van der Waals surface area contributed by atoms with Crippen LogP contribution >= 0.6 is 11.8 Å². The van der Waals surface area contributed by atoms with Gasteiger partial charge in [-0.1, -0.05) is 6.92 Å². The fourth-order valence-electron chi connectivity index (χ4n) is 3.38. The molecule has 0 radical (unpaired) electrons. The van der Waals surface area contributed by atoms with E-state index in [9.17, 15) is 14.4 Å². The lowest BCUT2D eigenvalue weighted by Gasteiger charge is -2.28. The topological polar surface area (TPSA) is 100 Å². The summed E-state index contributed by atoms with van der Waals surface area (Å²) in [5.41, 5.74) is 1.36. The minimum Gasteiger partial charge on any atom is -0.497 e. The highest BCUT2D eigenvalue weighted by molar-refractivity contribution is 8.03. The zero-order chi connectivity index (χ0) is 22.7. The number of thioether (sulfide) groups is 1. The zero-order valence-electron chi connectivity index (χ0n) is 18.1. The Labute approximate surface area is 184 Å². The van der Waals surface area contributed by atoms with E-state index >= 15 is 0 Å². The number of hydrogen-bond donors (Lipinski definition) is 1. The van der Waals surface area contributed by atoms with E-state index in [0.717, 1.165) is 15.4 Å². The minimum absolute atomic E-state index is 0.0749. The molecule has 2 heterocycles. The van der Waals surface area contributed by atoms with Crippen molar-refractivity contribution < 1.29 is 28.4 Å². The Kier molecular flexibility index (Phi) is 6.79. The fourth-order valence-corrected chi connectivity index (χ4v) is 4.50. The summed E-state index contributed by atoms with van der Waals surface area (Å²) in [5, 5.41) is 2.83.